The zero-order chi connectivity index (χ0) is 29.8. The third kappa shape index (κ3) is 6.04. The topological polar surface area (TPSA) is 96.0 Å². The van der Waals surface area contributed by atoms with Crippen molar-refractivity contribution in [3.8, 4) is 5.75 Å². The molecular weight excluding hydrogens is 554 g/mol. The van der Waals surface area contributed by atoms with E-state index in [0.29, 0.717) is 27.7 Å². The van der Waals surface area contributed by atoms with Crippen LogP contribution in [0, 0.1) is 6.92 Å². The minimum absolute atomic E-state index is 0.0695. The number of ketones is 1. The first-order chi connectivity index (χ1) is 20.2. The summed E-state index contributed by atoms with van der Waals surface area (Å²) < 4.78 is 5.22. The quantitative estimate of drug-likeness (QED) is 0.260. The number of carbonyl (C=O) groups excluding carboxylic acids is 4. The molecule has 3 amide bonds. The van der Waals surface area contributed by atoms with Gasteiger partial charge in [-0.3, -0.25) is 24.1 Å². The Labute approximate surface area is 248 Å². The Kier molecular flexibility index (Phi) is 8.36. The van der Waals surface area contributed by atoms with Crippen LogP contribution in [0.1, 0.15) is 33.1 Å². The molecule has 0 aliphatic carbocycles. The van der Waals surface area contributed by atoms with Gasteiger partial charge in [0.05, 0.1) is 18.4 Å². The number of fused-ring (bicyclic) bond motifs is 1. The molecule has 212 valence electrons. The van der Waals surface area contributed by atoms with Crippen LogP contribution in [0.2, 0.25) is 5.02 Å². The van der Waals surface area contributed by atoms with Crippen LogP contribution in [0.4, 0.5) is 11.4 Å². The van der Waals surface area contributed by atoms with E-state index in [1.807, 2.05) is 31.2 Å². The third-order valence-electron chi connectivity index (χ3n) is 7.07. The summed E-state index contributed by atoms with van der Waals surface area (Å²) >= 11 is 6.16. The lowest BCUT2D eigenvalue weighted by atomic mass is 10.0. The normalized spacial score (nSPS) is 13.0. The molecule has 0 aromatic heterocycles. The van der Waals surface area contributed by atoms with Gasteiger partial charge in [-0.1, -0.05) is 65.7 Å². The lowest BCUT2D eigenvalue weighted by Gasteiger charge is -2.33. The highest BCUT2D eigenvalue weighted by atomic mass is 35.5. The number of anilines is 2. The van der Waals surface area contributed by atoms with Gasteiger partial charge in [0.1, 0.15) is 18.3 Å². The fourth-order valence-corrected chi connectivity index (χ4v) is 4.97. The van der Waals surface area contributed by atoms with Crippen molar-refractivity contribution in [2.45, 2.75) is 19.5 Å². The van der Waals surface area contributed by atoms with Gasteiger partial charge in [-0.25, -0.2) is 0 Å². The number of carbonyl (C=O) groups is 4. The first kappa shape index (κ1) is 28.6. The van der Waals surface area contributed by atoms with Gasteiger partial charge in [0.25, 0.3) is 17.6 Å². The molecule has 0 saturated heterocycles. The Morgan fingerprint density at radius 3 is 2.24 bits per heavy atom. The summed E-state index contributed by atoms with van der Waals surface area (Å²) in [5, 5.41) is 3.38. The maximum Gasteiger partial charge on any atom is 0.299 e. The van der Waals surface area contributed by atoms with E-state index >= 15 is 0 Å². The zero-order valence-electron chi connectivity index (χ0n) is 23.0. The Bertz CT molecular complexity index is 1640. The van der Waals surface area contributed by atoms with Crippen LogP contribution in [0.15, 0.2) is 97.1 Å². The monoisotopic (exact) mass is 581 g/mol. The smallest absolute Gasteiger partial charge is 0.299 e. The molecule has 4 aromatic carbocycles. The maximum absolute atomic E-state index is 14.2. The van der Waals surface area contributed by atoms with Crippen LogP contribution in [0.3, 0.4) is 0 Å². The summed E-state index contributed by atoms with van der Waals surface area (Å²) in [5.41, 5.74) is 3.47. The molecule has 0 bridgehead atoms. The van der Waals surface area contributed by atoms with E-state index in [1.54, 1.807) is 79.9 Å². The number of rotatable bonds is 9. The molecule has 8 nitrogen and oxygen atoms in total. The summed E-state index contributed by atoms with van der Waals surface area (Å²) in [6.07, 6.45) is 0. The predicted octanol–water partition coefficient (Wildman–Crippen LogP) is 5.60. The number of nitrogens with one attached hydrogen (secondary N) is 1. The van der Waals surface area contributed by atoms with Gasteiger partial charge in [0.2, 0.25) is 5.91 Å². The van der Waals surface area contributed by atoms with E-state index in [-0.39, 0.29) is 12.1 Å². The van der Waals surface area contributed by atoms with Gasteiger partial charge < -0.3 is 15.0 Å². The standard InChI is InChI=1S/C33H28ClN3O5/c1-21-7-9-22(10-8-21)19-37(29(38)20-36-28-6-4-3-5-27(28)31(39)33(36)41)30(23-11-13-24(34)14-12-23)32(40)35-25-15-17-26(42-2)18-16-25/h3-18,30H,19-20H2,1-2H3,(H,35,40)/t30-/m0/s1. The fraction of sp³-hybridized carbons (Fsp3) is 0.152. The van der Waals surface area contributed by atoms with Gasteiger partial charge >= 0.3 is 0 Å². The number of benzene rings is 4. The largest absolute Gasteiger partial charge is 0.497 e. The van der Waals surface area contributed by atoms with Crippen molar-refractivity contribution in [3.63, 3.8) is 0 Å². The highest BCUT2D eigenvalue weighted by Crippen LogP contribution is 2.31. The molecular formula is C33H28ClN3O5. The van der Waals surface area contributed by atoms with Crippen LogP contribution in [0.25, 0.3) is 0 Å². The van der Waals surface area contributed by atoms with E-state index in [2.05, 4.69) is 5.32 Å². The summed E-state index contributed by atoms with van der Waals surface area (Å²) in [6.45, 7) is 1.60. The summed E-state index contributed by atoms with van der Waals surface area (Å²) in [4.78, 5) is 56.3. The number of Topliss-reactive ketones (excluding diaryl/α,β-unsaturated/α-hetero) is 1. The highest BCUT2D eigenvalue weighted by molar-refractivity contribution is 6.52. The van der Waals surface area contributed by atoms with E-state index in [4.69, 9.17) is 16.3 Å². The first-order valence-electron chi connectivity index (χ1n) is 13.3. The van der Waals surface area contributed by atoms with Gasteiger partial charge in [-0.2, -0.15) is 0 Å². The molecule has 0 saturated carbocycles. The number of halogens is 1. The minimum atomic E-state index is -1.10. The van der Waals surface area contributed by atoms with E-state index in [1.165, 1.54) is 9.80 Å². The minimum Gasteiger partial charge on any atom is -0.497 e. The number of aryl methyl sites for hydroxylation is 1. The second-order valence-corrected chi connectivity index (χ2v) is 10.4. The van der Waals surface area contributed by atoms with E-state index in [0.717, 1.165) is 11.1 Å². The Hall–Kier alpha value is -4.95. The van der Waals surface area contributed by atoms with Gasteiger partial charge in [0, 0.05) is 17.3 Å². The molecule has 0 spiro atoms. The van der Waals surface area contributed by atoms with Crippen molar-refractivity contribution in [2.75, 3.05) is 23.9 Å². The molecule has 1 heterocycles. The molecule has 9 heteroatoms. The van der Waals surface area contributed by atoms with Crippen molar-refractivity contribution in [1.82, 2.24) is 4.90 Å². The Balaban J connectivity index is 1.54. The third-order valence-corrected chi connectivity index (χ3v) is 7.32. The first-order valence-corrected chi connectivity index (χ1v) is 13.6. The van der Waals surface area contributed by atoms with Crippen molar-refractivity contribution < 1.29 is 23.9 Å². The maximum atomic E-state index is 14.2. The molecule has 5 rings (SSSR count). The van der Waals surface area contributed by atoms with Gasteiger partial charge in [-0.15, -0.1) is 0 Å². The predicted molar refractivity (Wildman–Crippen MR) is 161 cm³/mol. The van der Waals surface area contributed by atoms with Crippen LogP contribution in [0.5, 0.6) is 5.75 Å². The molecule has 1 aliphatic heterocycles. The van der Waals surface area contributed by atoms with Crippen molar-refractivity contribution in [3.05, 3.63) is 124 Å². The van der Waals surface area contributed by atoms with Crippen molar-refractivity contribution >= 4 is 46.5 Å². The van der Waals surface area contributed by atoms with Crippen LogP contribution in [-0.4, -0.2) is 42.1 Å². The van der Waals surface area contributed by atoms with Crippen molar-refractivity contribution in [1.29, 1.82) is 0 Å². The number of ether oxygens (including phenoxy) is 1. The summed E-state index contributed by atoms with van der Waals surface area (Å²) in [5.74, 6) is -1.81. The van der Waals surface area contributed by atoms with E-state index < -0.39 is 36.1 Å². The number of hydrogen-bond donors (Lipinski definition) is 1. The second-order valence-electron chi connectivity index (χ2n) is 9.92. The van der Waals surface area contributed by atoms with E-state index in [9.17, 15) is 19.2 Å². The number of amides is 3. The number of para-hydroxylation sites is 1. The molecule has 4 aromatic rings. The molecule has 42 heavy (non-hydrogen) atoms. The van der Waals surface area contributed by atoms with Crippen LogP contribution >= 0.6 is 11.6 Å². The molecule has 1 aliphatic rings. The summed E-state index contributed by atoms with van der Waals surface area (Å²) in [7, 11) is 1.55. The number of methoxy groups -OCH3 is 1. The fourth-order valence-electron chi connectivity index (χ4n) is 4.85. The zero-order valence-corrected chi connectivity index (χ0v) is 23.8. The average Bonchev–Trinajstić information content (AvgIpc) is 3.24. The Morgan fingerprint density at radius 1 is 0.905 bits per heavy atom. The molecule has 0 radical (unpaired) electrons. The van der Waals surface area contributed by atoms with Crippen LogP contribution in [-0.2, 0) is 20.9 Å². The lowest BCUT2D eigenvalue weighted by Crippen LogP contribution is -2.46. The molecule has 0 fully saturated rings. The molecule has 0 unspecified atom stereocenters. The van der Waals surface area contributed by atoms with Gasteiger partial charge in [-0.05, 0) is 66.6 Å². The van der Waals surface area contributed by atoms with Gasteiger partial charge in [0.15, 0.2) is 0 Å². The average molecular weight is 582 g/mol. The number of hydrogen-bond acceptors (Lipinski definition) is 5. The molecule has 1 atom stereocenters. The summed E-state index contributed by atoms with van der Waals surface area (Å²) in [6, 6.07) is 26.6. The molecule has 1 N–H and O–H groups in total. The number of nitrogens with zero attached hydrogens (tertiary/aromatic N) is 2. The highest BCUT2D eigenvalue weighted by Gasteiger charge is 2.39. The van der Waals surface area contributed by atoms with Crippen molar-refractivity contribution in [2.24, 2.45) is 0 Å². The van der Waals surface area contributed by atoms with Crippen LogP contribution < -0.4 is 15.0 Å². The second kappa shape index (κ2) is 12.3. The Morgan fingerprint density at radius 2 is 1.57 bits per heavy atom. The SMILES string of the molecule is COc1ccc(NC(=O)[C@H](c2ccc(Cl)cc2)N(Cc2ccc(C)cc2)C(=O)CN2C(=O)C(=O)c3ccccc32)cc1. The lowest BCUT2D eigenvalue weighted by molar-refractivity contribution is -0.139.